The number of phenolic OH excluding ortho intramolecular Hbond substituents is 3. The van der Waals surface area contributed by atoms with Gasteiger partial charge in [-0.25, -0.2) is 0 Å². The summed E-state index contributed by atoms with van der Waals surface area (Å²) >= 11 is 0. The summed E-state index contributed by atoms with van der Waals surface area (Å²) in [5.41, 5.74) is 1.63. The molecule has 1 heterocycles. The van der Waals surface area contributed by atoms with E-state index in [1.807, 2.05) is 7.05 Å². The molecule has 0 radical (unpaired) electrons. The van der Waals surface area contributed by atoms with E-state index in [1.165, 1.54) is 6.07 Å². The molecule has 0 spiro atoms. The Labute approximate surface area is 82.0 Å². The first-order chi connectivity index (χ1) is 6.59. The smallest absolute Gasteiger partial charge is 0.200 e. The lowest BCUT2D eigenvalue weighted by Crippen LogP contribution is -2.26. The molecule has 0 aliphatic carbocycles. The minimum Gasteiger partial charge on any atom is -0.504 e. The lowest BCUT2D eigenvalue weighted by Gasteiger charge is -2.26. The molecule has 4 heteroatoms. The predicted molar refractivity (Wildman–Crippen MR) is 51.5 cm³/mol. The first-order valence-corrected chi connectivity index (χ1v) is 4.53. The number of rotatable bonds is 0. The number of hydrogen-bond acceptors (Lipinski definition) is 4. The number of benzene rings is 1. The second-order valence-electron chi connectivity index (χ2n) is 3.72. The van der Waals surface area contributed by atoms with Crippen molar-refractivity contribution in [3.8, 4) is 17.2 Å². The number of hydrogen-bond donors (Lipinski definition) is 3. The Morgan fingerprint density at radius 3 is 2.64 bits per heavy atom. The molecule has 1 aliphatic heterocycles. The molecular formula is C10H13NO3. The quantitative estimate of drug-likeness (QED) is 0.535. The molecule has 0 atom stereocenters. The van der Waals surface area contributed by atoms with Crippen molar-refractivity contribution in [2.75, 3.05) is 13.6 Å². The summed E-state index contributed by atoms with van der Waals surface area (Å²) in [6, 6.07) is 1.53. The van der Waals surface area contributed by atoms with Crippen LogP contribution < -0.4 is 0 Å². The van der Waals surface area contributed by atoms with Gasteiger partial charge in [-0.3, -0.25) is 0 Å². The molecule has 2 rings (SSSR count). The Kier molecular flexibility index (Phi) is 2.00. The van der Waals surface area contributed by atoms with Crippen molar-refractivity contribution in [1.82, 2.24) is 4.90 Å². The van der Waals surface area contributed by atoms with E-state index in [0.717, 1.165) is 18.5 Å². The van der Waals surface area contributed by atoms with Crippen molar-refractivity contribution < 1.29 is 15.3 Å². The average Bonchev–Trinajstić information content (AvgIpc) is 2.16. The van der Waals surface area contributed by atoms with Crippen LogP contribution in [-0.2, 0) is 13.0 Å². The van der Waals surface area contributed by atoms with Crippen LogP contribution in [0.25, 0.3) is 0 Å². The second kappa shape index (κ2) is 3.06. The monoisotopic (exact) mass is 195 g/mol. The van der Waals surface area contributed by atoms with Gasteiger partial charge in [0.2, 0.25) is 5.75 Å². The zero-order chi connectivity index (χ0) is 10.3. The van der Waals surface area contributed by atoms with Crippen LogP contribution in [0, 0.1) is 0 Å². The van der Waals surface area contributed by atoms with Gasteiger partial charge in [-0.15, -0.1) is 0 Å². The minimum atomic E-state index is -0.418. The van der Waals surface area contributed by atoms with Gasteiger partial charge in [-0.05, 0) is 25.1 Å². The fourth-order valence-electron chi connectivity index (χ4n) is 1.80. The van der Waals surface area contributed by atoms with Gasteiger partial charge in [0.05, 0.1) is 0 Å². The molecule has 3 N–H and O–H groups in total. The highest BCUT2D eigenvalue weighted by Gasteiger charge is 2.21. The van der Waals surface area contributed by atoms with Gasteiger partial charge < -0.3 is 20.2 Å². The minimum absolute atomic E-state index is 0.188. The van der Waals surface area contributed by atoms with E-state index in [1.54, 1.807) is 0 Å². The zero-order valence-electron chi connectivity index (χ0n) is 7.99. The van der Waals surface area contributed by atoms with E-state index in [0.29, 0.717) is 12.1 Å². The molecule has 0 saturated heterocycles. The summed E-state index contributed by atoms with van der Waals surface area (Å²) in [7, 11) is 1.95. The molecule has 1 aromatic carbocycles. The Balaban J connectivity index is 2.55. The lowest BCUT2D eigenvalue weighted by molar-refractivity contribution is 0.296. The summed E-state index contributed by atoms with van der Waals surface area (Å²) in [4.78, 5) is 2.05. The lowest BCUT2D eigenvalue weighted by atomic mass is 9.98. The fraction of sp³-hybridized carbons (Fsp3) is 0.400. The van der Waals surface area contributed by atoms with Crippen LogP contribution in [0.1, 0.15) is 11.1 Å². The maximum atomic E-state index is 9.61. The Morgan fingerprint density at radius 2 is 1.93 bits per heavy atom. The van der Waals surface area contributed by atoms with Crippen LogP contribution >= 0.6 is 0 Å². The Bertz CT molecular complexity index is 376. The molecule has 1 aromatic rings. The van der Waals surface area contributed by atoms with Crippen LogP contribution in [0.2, 0.25) is 0 Å². The maximum Gasteiger partial charge on any atom is 0.200 e. The standard InChI is InChI=1S/C10H13NO3/c1-11-3-2-6-4-8(12)10(14)9(13)7(6)5-11/h4,12-14H,2-3,5H2,1H3. The van der Waals surface area contributed by atoms with Crippen LogP contribution in [0.15, 0.2) is 6.07 Å². The Morgan fingerprint density at radius 1 is 1.21 bits per heavy atom. The predicted octanol–water partition coefficient (Wildman–Crippen LogP) is 0.791. The first kappa shape index (κ1) is 9.15. The first-order valence-electron chi connectivity index (χ1n) is 4.53. The fourth-order valence-corrected chi connectivity index (χ4v) is 1.80. The molecule has 4 nitrogen and oxygen atoms in total. The van der Waals surface area contributed by atoms with Crippen molar-refractivity contribution in [1.29, 1.82) is 0 Å². The number of aromatic hydroxyl groups is 3. The second-order valence-corrected chi connectivity index (χ2v) is 3.72. The average molecular weight is 195 g/mol. The number of nitrogens with zero attached hydrogens (tertiary/aromatic N) is 1. The summed E-state index contributed by atoms with van der Waals surface area (Å²) in [6.07, 6.45) is 0.785. The van der Waals surface area contributed by atoms with Crippen molar-refractivity contribution in [3.63, 3.8) is 0 Å². The van der Waals surface area contributed by atoms with Crippen LogP contribution in [-0.4, -0.2) is 33.8 Å². The summed E-state index contributed by atoms with van der Waals surface area (Å²) in [6.45, 7) is 1.51. The van der Waals surface area contributed by atoms with Gasteiger partial charge in [0.25, 0.3) is 0 Å². The largest absolute Gasteiger partial charge is 0.504 e. The molecule has 0 saturated carbocycles. The highest BCUT2D eigenvalue weighted by molar-refractivity contribution is 5.57. The van der Waals surface area contributed by atoms with E-state index in [-0.39, 0.29) is 11.5 Å². The SMILES string of the molecule is CN1CCc2cc(O)c(O)c(O)c2C1. The third-order valence-electron chi connectivity index (χ3n) is 2.64. The van der Waals surface area contributed by atoms with E-state index in [9.17, 15) is 15.3 Å². The van der Waals surface area contributed by atoms with Crippen molar-refractivity contribution >= 4 is 0 Å². The van der Waals surface area contributed by atoms with E-state index >= 15 is 0 Å². The number of phenols is 3. The Hall–Kier alpha value is -1.42. The van der Waals surface area contributed by atoms with E-state index in [4.69, 9.17) is 0 Å². The summed E-state index contributed by atoms with van der Waals surface area (Å²) in [5.74, 6) is -0.851. The van der Waals surface area contributed by atoms with Crippen molar-refractivity contribution in [3.05, 3.63) is 17.2 Å². The van der Waals surface area contributed by atoms with Gasteiger partial charge in [0, 0.05) is 18.7 Å². The summed E-state index contributed by atoms with van der Waals surface area (Å²) in [5, 5.41) is 28.2. The number of fused-ring (bicyclic) bond motifs is 1. The van der Waals surface area contributed by atoms with E-state index in [2.05, 4.69) is 4.90 Å². The normalized spacial score (nSPS) is 16.6. The zero-order valence-corrected chi connectivity index (χ0v) is 7.99. The maximum absolute atomic E-state index is 9.61. The van der Waals surface area contributed by atoms with Crippen LogP contribution in [0.4, 0.5) is 0 Å². The van der Waals surface area contributed by atoms with Gasteiger partial charge in [-0.1, -0.05) is 0 Å². The molecule has 1 aliphatic rings. The highest BCUT2D eigenvalue weighted by Crippen LogP contribution is 2.41. The van der Waals surface area contributed by atoms with Crippen molar-refractivity contribution in [2.45, 2.75) is 13.0 Å². The van der Waals surface area contributed by atoms with Crippen LogP contribution in [0.3, 0.4) is 0 Å². The summed E-state index contributed by atoms with van der Waals surface area (Å²) < 4.78 is 0. The van der Waals surface area contributed by atoms with Gasteiger partial charge in [-0.2, -0.15) is 0 Å². The third kappa shape index (κ3) is 1.28. The third-order valence-corrected chi connectivity index (χ3v) is 2.64. The molecule has 0 bridgehead atoms. The molecular weight excluding hydrogens is 182 g/mol. The number of likely N-dealkylation sites (N-methyl/N-ethyl adjacent to an activating group) is 1. The van der Waals surface area contributed by atoms with E-state index < -0.39 is 5.75 Å². The topological polar surface area (TPSA) is 63.9 Å². The molecule has 0 aromatic heterocycles. The molecule has 14 heavy (non-hydrogen) atoms. The molecule has 0 unspecified atom stereocenters. The highest BCUT2D eigenvalue weighted by atomic mass is 16.3. The van der Waals surface area contributed by atoms with Gasteiger partial charge in [0.15, 0.2) is 11.5 Å². The molecule has 0 fully saturated rings. The van der Waals surface area contributed by atoms with Crippen LogP contribution in [0.5, 0.6) is 17.2 Å². The van der Waals surface area contributed by atoms with Gasteiger partial charge >= 0.3 is 0 Å². The molecule has 0 amide bonds. The van der Waals surface area contributed by atoms with Crippen molar-refractivity contribution in [2.24, 2.45) is 0 Å². The van der Waals surface area contributed by atoms with Gasteiger partial charge in [0.1, 0.15) is 0 Å². The molecule has 76 valence electrons.